The molecule has 24 heavy (non-hydrogen) atoms. The number of nitrogens with zero attached hydrogens (tertiary/aromatic N) is 4. The normalized spacial score (nSPS) is 16.5. The zero-order valence-electron chi connectivity index (χ0n) is 14.5. The van der Waals surface area contributed by atoms with Crippen LogP contribution in [0.25, 0.3) is 20.4 Å². The summed E-state index contributed by atoms with van der Waals surface area (Å²) in [6.45, 7) is 7.81. The summed E-state index contributed by atoms with van der Waals surface area (Å²) < 4.78 is 0.948. The predicted molar refractivity (Wildman–Crippen MR) is 102 cm³/mol. The van der Waals surface area contributed by atoms with Crippen molar-refractivity contribution in [2.24, 2.45) is 5.41 Å². The third-order valence-electron chi connectivity index (χ3n) is 5.10. The zero-order chi connectivity index (χ0) is 17.1. The first kappa shape index (κ1) is 16.0. The minimum Gasteiger partial charge on any atom is -0.360 e. The molecular weight excluding hydrogens is 340 g/mol. The second kappa shape index (κ2) is 5.53. The first-order valence-corrected chi connectivity index (χ1v) is 9.56. The fraction of sp³-hybridized carbons (Fsp3) is 0.500. The lowest BCUT2D eigenvalue weighted by molar-refractivity contribution is 0.317. The molecule has 0 saturated heterocycles. The average molecular weight is 361 g/mol. The van der Waals surface area contributed by atoms with E-state index in [1.165, 1.54) is 22.9 Å². The van der Waals surface area contributed by atoms with E-state index in [1.54, 1.807) is 17.7 Å². The fourth-order valence-corrected chi connectivity index (χ4v) is 4.91. The number of hydrogen-bond donors (Lipinski definition) is 0. The highest BCUT2D eigenvalue weighted by Gasteiger charge is 2.31. The molecule has 0 radical (unpaired) electrons. The number of fused-ring (bicyclic) bond motifs is 5. The topological polar surface area (TPSA) is 41.9 Å². The van der Waals surface area contributed by atoms with Crippen LogP contribution in [0, 0.1) is 5.41 Å². The lowest BCUT2D eigenvalue weighted by Gasteiger charge is -2.34. The largest absolute Gasteiger partial charge is 0.360 e. The summed E-state index contributed by atoms with van der Waals surface area (Å²) in [5.41, 5.74) is 4.06. The quantitative estimate of drug-likeness (QED) is 0.612. The zero-order valence-corrected chi connectivity index (χ0v) is 16.1. The maximum Gasteiger partial charge on any atom is 0.150 e. The van der Waals surface area contributed by atoms with E-state index in [0.717, 1.165) is 40.3 Å². The summed E-state index contributed by atoms with van der Waals surface area (Å²) in [6, 6.07) is 0. The van der Waals surface area contributed by atoms with Crippen molar-refractivity contribution in [3.8, 4) is 0 Å². The molecule has 0 spiro atoms. The van der Waals surface area contributed by atoms with E-state index in [4.69, 9.17) is 16.6 Å². The van der Waals surface area contributed by atoms with E-state index in [1.807, 2.05) is 0 Å². The van der Waals surface area contributed by atoms with Gasteiger partial charge in [0.25, 0.3) is 0 Å². The van der Waals surface area contributed by atoms with Crippen molar-refractivity contribution >= 4 is 49.2 Å². The van der Waals surface area contributed by atoms with Gasteiger partial charge in [0.1, 0.15) is 22.1 Å². The number of aromatic nitrogens is 3. The predicted octanol–water partition coefficient (Wildman–Crippen LogP) is 4.86. The van der Waals surface area contributed by atoms with Crippen molar-refractivity contribution < 1.29 is 0 Å². The van der Waals surface area contributed by atoms with Crippen molar-refractivity contribution in [1.29, 1.82) is 0 Å². The summed E-state index contributed by atoms with van der Waals surface area (Å²) in [4.78, 5) is 17.0. The van der Waals surface area contributed by atoms with Crippen LogP contribution in [0.1, 0.15) is 38.3 Å². The lowest BCUT2D eigenvalue weighted by atomic mass is 9.73. The molecule has 0 amide bonds. The second-order valence-electron chi connectivity index (χ2n) is 7.37. The average Bonchev–Trinajstić information content (AvgIpc) is 2.92. The van der Waals surface area contributed by atoms with Crippen LogP contribution in [0.5, 0.6) is 0 Å². The standard InChI is InChI=1S/C18H21ClN4S/c1-5-23(4)16-10-6-7-18(2,3)8-11(10)12-13-14(24-17(12)22-16)15(19)21-9-20-13/h9H,5-8H2,1-4H3. The molecular formula is C18H21ClN4S. The van der Waals surface area contributed by atoms with Gasteiger partial charge in [0.05, 0.1) is 10.2 Å². The summed E-state index contributed by atoms with van der Waals surface area (Å²) in [5, 5.41) is 1.72. The van der Waals surface area contributed by atoms with Crippen LogP contribution in [0.2, 0.25) is 5.15 Å². The Labute approximate surface area is 150 Å². The van der Waals surface area contributed by atoms with Gasteiger partial charge in [-0.3, -0.25) is 0 Å². The lowest BCUT2D eigenvalue weighted by Crippen LogP contribution is -2.26. The van der Waals surface area contributed by atoms with E-state index in [-0.39, 0.29) is 0 Å². The van der Waals surface area contributed by atoms with Gasteiger partial charge in [0.15, 0.2) is 0 Å². The van der Waals surface area contributed by atoms with Crippen LogP contribution < -0.4 is 4.90 Å². The van der Waals surface area contributed by atoms with E-state index < -0.39 is 0 Å². The molecule has 0 atom stereocenters. The number of hydrogen-bond acceptors (Lipinski definition) is 5. The highest BCUT2D eigenvalue weighted by atomic mass is 35.5. The third kappa shape index (κ3) is 2.37. The molecule has 0 saturated carbocycles. The van der Waals surface area contributed by atoms with E-state index in [9.17, 15) is 0 Å². The maximum atomic E-state index is 6.32. The molecule has 4 nitrogen and oxygen atoms in total. The molecule has 0 aliphatic heterocycles. The van der Waals surface area contributed by atoms with E-state index in [2.05, 4.69) is 42.7 Å². The number of thiophene rings is 1. The Hall–Kier alpha value is -1.46. The monoisotopic (exact) mass is 360 g/mol. The van der Waals surface area contributed by atoms with Gasteiger partial charge in [0, 0.05) is 19.0 Å². The van der Waals surface area contributed by atoms with Crippen LogP contribution in [0.3, 0.4) is 0 Å². The SMILES string of the molecule is CCN(C)c1nc2sc3c(Cl)ncnc3c2c2c1CCC(C)(C)C2. The molecule has 6 heteroatoms. The summed E-state index contributed by atoms with van der Waals surface area (Å²) in [5.74, 6) is 1.12. The summed E-state index contributed by atoms with van der Waals surface area (Å²) >= 11 is 7.93. The Morgan fingerprint density at radius 1 is 1.29 bits per heavy atom. The molecule has 0 bridgehead atoms. The Morgan fingerprint density at radius 2 is 2.08 bits per heavy atom. The van der Waals surface area contributed by atoms with Crippen LogP contribution in [-0.2, 0) is 12.8 Å². The minimum absolute atomic E-state index is 0.300. The molecule has 0 fully saturated rings. The van der Waals surface area contributed by atoms with Crippen molar-refractivity contribution in [3.05, 3.63) is 22.6 Å². The molecule has 0 aromatic carbocycles. The summed E-state index contributed by atoms with van der Waals surface area (Å²) in [6.07, 6.45) is 4.87. The molecule has 126 valence electrons. The van der Waals surface area contributed by atoms with Gasteiger partial charge >= 0.3 is 0 Å². The first-order chi connectivity index (χ1) is 11.4. The van der Waals surface area contributed by atoms with Gasteiger partial charge in [-0.2, -0.15) is 0 Å². The van der Waals surface area contributed by atoms with Crippen molar-refractivity contribution in [1.82, 2.24) is 15.0 Å². The summed E-state index contributed by atoms with van der Waals surface area (Å²) in [7, 11) is 2.12. The maximum absolute atomic E-state index is 6.32. The van der Waals surface area contributed by atoms with E-state index in [0.29, 0.717) is 10.6 Å². The molecule has 1 aliphatic rings. The van der Waals surface area contributed by atoms with Crippen molar-refractivity contribution in [2.75, 3.05) is 18.5 Å². The molecule has 1 aliphatic carbocycles. The van der Waals surface area contributed by atoms with Gasteiger partial charge in [-0.25, -0.2) is 15.0 Å². The van der Waals surface area contributed by atoms with Gasteiger partial charge in [-0.05, 0) is 42.7 Å². The molecule has 3 heterocycles. The van der Waals surface area contributed by atoms with E-state index >= 15 is 0 Å². The number of anilines is 1. The Morgan fingerprint density at radius 3 is 2.83 bits per heavy atom. The van der Waals surface area contributed by atoms with Crippen LogP contribution in [0.4, 0.5) is 5.82 Å². The Bertz CT molecular complexity index is 947. The van der Waals surface area contributed by atoms with Crippen molar-refractivity contribution in [2.45, 2.75) is 40.0 Å². The number of pyridine rings is 1. The molecule has 4 rings (SSSR count). The Balaban J connectivity index is 2.12. The van der Waals surface area contributed by atoms with Gasteiger partial charge in [-0.1, -0.05) is 25.4 Å². The van der Waals surface area contributed by atoms with Crippen LogP contribution in [0.15, 0.2) is 6.33 Å². The fourth-order valence-electron chi connectivity index (χ4n) is 3.62. The highest BCUT2D eigenvalue weighted by molar-refractivity contribution is 7.26. The number of halogens is 1. The molecule has 3 aromatic rings. The number of rotatable bonds is 2. The van der Waals surface area contributed by atoms with Crippen LogP contribution >= 0.6 is 22.9 Å². The molecule has 0 unspecified atom stereocenters. The highest BCUT2D eigenvalue weighted by Crippen LogP contribution is 2.45. The van der Waals surface area contributed by atoms with Crippen molar-refractivity contribution in [3.63, 3.8) is 0 Å². The Kier molecular flexibility index (Phi) is 3.69. The smallest absolute Gasteiger partial charge is 0.150 e. The van der Waals surface area contributed by atoms with Gasteiger partial charge in [-0.15, -0.1) is 11.3 Å². The van der Waals surface area contributed by atoms with Crippen LogP contribution in [-0.4, -0.2) is 28.5 Å². The van der Waals surface area contributed by atoms with Gasteiger partial charge in [0.2, 0.25) is 0 Å². The molecule has 0 N–H and O–H groups in total. The van der Waals surface area contributed by atoms with Gasteiger partial charge < -0.3 is 4.90 Å². The second-order valence-corrected chi connectivity index (χ2v) is 8.73. The first-order valence-electron chi connectivity index (χ1n) is 8.37. The minimum atomic E-state index is 0.300. The molecule has 3 aromatic heterocycles. The third-order valence-corrected chi connectivity index (χ3v) is 6.57.